The van der Waals surface area contributed by atoms with E-state index in [1.54, 1.807) is 0 Å². The van der Waals surface area contributed by atoms with Gasteiger partial charge < -0.3 is 9.90 Å². The smallest absolute Gasteiger partial charge is 0.164 e. The molecule has 0 spiro atoms. The number of ketones is 1. The SMILES string of the molecule is CC(C)CCC[C@@H](C)[C@H]1CC[C@H]2[C@@H]3CC=C4CC(O)(C(=O)CCCC=O)CC[C@]4(C)[C@H]3CC[C@]12C. The van der Waals surface area contributed by atoms with Crippen LogP contribution in [0.25, 0.3) is 0 Å². The molecule has 35 heavy (non-hydrogen) atoms. The maximum absolute atomic E-state index is 12.9. The van der Waals surface area contributed by atoms with E-state index in [0.717, 1.165) is 48.7 Å². The summed E-state index contributed by atoms with van der Waals surface area (Å²) in [6, 6.07) is 0. The molecular weight excluding hydrogens is 432 g/mol. The Morgan fingerprint density at radius 3 is 2.54 bits per heavy atom. The molecule has 0 amide bonds. The number of aliphatic hydroxyl groups is 1. The van der Waals surface area contributed by atoms with Gasteiger partial charge in [0, 0.05) is 19.3 Å². The molecule has 0 aliphatic heterocycles. The highest BCUT2D eigenvalue weighted by molar-refractivity contribution is 5.87. The van der Waals surface area contributed by atoms with Gasteiger partial charge in [0.2, 0.25) is 0 Å². The van der Waals surface area contributed by atoms with Crippen LogP contribution in [0.4, 0.5) is 0 Å². The van der Waals surface area contributed by atoms with E-state index in [9.17, 15) is 14.7 Å². The number of allylic oxidation sites excluding steroid dienone is 1. The zero-order valence-electron chi connectivity index (χ0n) is 23.3. The molecule has 0 radical (unpaired) electrons. The van der Waals surface area contributed by atoms with Gasteiger partial charge in [0.25, 0.3) is 0 Å². The molecule has 0 aromatic carbocycles. The van der Waals surface area contributed by atoms with Crippen molar-refractivity contribution in [2.45, 2.75) is 130 Å². The lowest BCUT2D eigenvalue weighted by Gasteiger charge is -2.59. The van der Waals surface area contributed by atoms with Crippen LogP contribution in [-0.4, -0.2) is 22.8 Å². The van der Waals surface area contributed by atoms with Gasteiger partial charge in [0.1, 0.15) is 11.9 Å². The Balaban J connectivity index is 1.46. The summed E-state index contributed by atoms with van der Waals surface area (Å²) in [5, 5.41) is 11.3. The first-order valence-corrected chi connectivity index (χ1v) is 14.9. The van der Waals surface area contributed by atoms with Gasteiger partial charge in [-0.05, 0) is 97.7 Å². The zero-order valence-corrected chi connectivity index (χ0v) is 23.3. The lowest BCUT2D eigenvalue weighted by Crippen LogP contribution is -2.54. The highest BCUT2D eigenvalue weighted by Crippen LogP contribution is 2.67. The van der Waals surface area contributed by atoms with Gasteiger partial charge in [0.05, 0.1) is 0 Å². The third-order valence-corrected chi connectivity index (χ3v) is 11.6. The van der Waals surface area contributed by atoms with Gasteiger partial charge in [-0.15, -0.1) is 0 Å². The number of aldehydes is 1. The van der Waals surface area contributed by atoms with Gasteiger partial charge in [0.15, 0.2) is 5.78 Å². The van der Waals surface area contributed by atoms with E-state index in [-0.39, 0.29) is 11.2 Å². The maximum Gasteiger partial charge on any atom is 0.164 e. The fourth-order valence-corrected chi connectivity index (χ4v) is 9.49. The van der Waals surface area contributed by atoms with E-state index < -0.39 is 5.60 Å². The van der Waals surface area contributed by atoms with Crippen LogP contribution in [-0.2, 0) is 9.59 Å². The highest BCUT2D eigenvalue weighted by Gasteiger charge is 2.60. The summed E-state index contributed by atoms with van der Waals surface area (Å²) in [5.74, 6) is 4.77. The third kappa shape index (κ3) is 4.97. The molecule has 198 valence electrons. The van der Waals surface area contributed by atoms with Crippen LogP contribution in [0.2, 0.25) is 0 Å². The number of Topliss-reactive ketones (excluding diaryl/α,β-unsaturated/α-hetero) is 1. The van der Waals surface area contributed by atoms with Crippen molar-refractivity contribution in [3.05, 3.63) is 11.6 Å². The van der Waals surface area contributed by atoms with Gasteiger partial charge in [-0.1, -0.05) is 65.5 Å². The summed E-state index contributed by atoms with van der Waals surface area (Å²) in [6.07, 6.45) is 17.4. The largest absolute Gasteiger partial charge is 0.382 e. The molecular formula is C32H52O3. The molecule has 3 nitrogen and oxygen atoms in total. The van der Waals surface area contributed by atoms with Gasteiger partial charge >= 0.3 is 0 Å². The molecule has 4 aliphatic rings. The average molecular weight is 485 g/mol. The van der Waals surface area contributed by atoms with Crippen LogP contribution in [0.3, 0.4) is 0 Å². The van der Waals surface area contributed by atoms with Crippen LogP contribution in [0, 0.1) is 46.3 Å². The van der Waals surface area contributed by atoms with Crippen molar-refractivity contribution in [1.82, 2.24) is 0 Å². The summed E-state index contributed by atoms with van der Waals surface area (Å²) >= 11 is 0. The second kappa shape index (κ2) is 10.4. The van der Waals surface area contributed by atoms with E-state index in [1.807, 2.05) is 0 Å². The molecule has 1 N–H and O–H groups in total. The molecule has 0 heterocycles. The molecule has 3 saturated carbocycles. The number of hydrogen-bond donors (Lipinski definition) is 1. The predicted molar refractivity (Wildman–Crippen MR) is 143 cm³/mol. The normalized spacial score (nSPS) is 41.5. The fourth-order valence-electron chi connectivity index (χ4n) is 9.49. The summed E-state index contributed by atoms with van der Waals surface area (Å²) in [7, 11) is 0. The summed E-state index contributed by atoms with van der Waals surface area (Å²) in [5.41, 5.74) is 0.773. The predicted octanol–water partition coefficient (Wildman–Crippen LogP) is 7.70. The average Bonchev–Trinajstić information content (AvgIpc) is 3.16. The van der Waals surface area contributed by atoms with Crippen molar-refractivity contribution in [1.29, 1.82) is 0 Å². The van der Waals surface area contributed by atoms with Crippen molar-refractivity contribution in [3.8, 4) is 0 Å². The highest BCUT2D eigenvalue weighted by atomic mass is 16.3. The number of unbranched alkanes of at least 4 members (excludes halogenated alkanes) is 1. The Bertz CT molecular complexity index is 814. The van der Waals surface area contributed by atoms with E-state index >= 15 is 0 Å². The lowest BCUT2D eigenvalue weighted by atomic mass is 9.46. The minimum atomic E-state index is -1.21. The first-order valence-electron chi connectivity index (χ1n) is 14.9. The van der Waals surface area contributed by atoms with Crippen LogP contribution >= 0.6 is 0 Å². The standard InChI is InChI=1S/C32H52O3/c1-22(2)9-8-10-23(3)26-14-15-27-25-13-12-24-21-32(35,29(34)11-6-7-20-33)19-18-30(24,4)28(25)16-17-31(26,27)5/h12,20,22-23,25-28,35H,6-11,13-19,21H2,1-5H3/t23-,25+,26-,27+,28+,30+,31-,32?/m1/s1. The molecule has 0 aromatic heterocycles. The molecule has 4 aliphatic carbocycles. The Kier molecular flexibility index (Phi) is 8.07. The molecule has 8 atom stereocenters. The first kappa shape index (κ1) is 27.1. The quantitative estimate of drug-likeness (QED) is 0.196. The Labute approximate surface area is 214 Å². The molecule has 0 aromatic rings. The zero-order chi connectivity index (χ0) is 25.4. The van der Waals surface area contributed by atoms with Crippen LogP contribution in [0.1, 0.15) is 125 Å². The van der Waals surface area contributed by atoms with E-state index in [2.05, 4.69) is 40.7 Å². The summed E-state index contributed by atoms with van der Waals surface area (Å²) < 4.78 is 0. The van der Waals surface area contributed by atoms with E-state index in [0.29, 0.717) is 43.4 Å². The van der Waals surface area contributed by atoms with E-state index in [1.165, 1.54) is 50.5 Å². The summed E-state index contributed by atoms with van der Waals surface area (Å²) in [4.78, 5) is 23.5. The van der Waals surface area contributed by atoms with Crippen molar-refractivity contribution in [2.24, 2.45) is 46.3 Å². The monoisotopic (exact) mass is 484 g/mol. The van der Waals surface area contributed by atoms with Crippen molar-refractivity contribution in [3.63, 3.8) is 0 Å². The number of fused-ring (bicyclic) bond motifs is 5. The number of rotatable bonds is 10. The van der Waals surface area contributed by atoms with Gasteiger partial charge in [-0.2, -0.15) is 0 Å². The topological polar surface area (TPSA) is 54.4 Å². The molecule has 0 saturated heterocycles. The van der Waals surface area contributed by atoms with E-state index in [4.69, 9.17) is 0 Å². The van der Waals surface area contributed by atoms with Crippen LogP contribution < -0.4 is 0 Å². The fraction of sp³-hybridized carbons (Fsp3) is 0.875. The number of carbonyl (C=O) groups is 2. The molecule has 3 fully saturated rings. The third-order valence-electron chi connectivity index (χ3n) is 11.6. The minimum Gasteiger partial charge on any atom is -0.382 e. The summed E-state index contributed by atoms with van der Waals surface area (Å²) in [6.45, 7) is 12.3. The lowest BCUT2D eigenvalue weighted by molar-refractivity contribution is -0.143. The Hall–Kier alpha value is -0.960. The second-order valence-corrected chi connectivity index (χ2v) is 14.0. The Morgan fingerprint density at radius 1 is 1.06 bits per heavy atom. The molecule has 0 bridgehead atoms. The van der Waals surface area contributed by atoms with Crippen LogP contribution in [0.15, 0.2) is 11.6 Å². The Morgan fingerprint density at radius 2 is 1.83 bits per heavy atom. The minimum absolute atomic E-state index is 0.0502. The van der Waals surface area contributed by atoms with Crippen LogP contribution in [0.5, 0.6) is 0 Å². The molecule has 3 heteroatoms. The van der Waals surface area contributed by atoms with Crippen molar-refractivity contribution < 1.29 is 14.7 Å². The first-order chi connectivity index (χ1) is 16.5. The maximum atomic E-state index is 12.9. The van der Waals surface area contributed by atoms with Crippen molar-refractivity contribution >= 4 is 12.1 Å². The van der Waals surface area contributed by atoms with Crippen molar-refractivity contribution in [2.75, 3.05) is 0 Å². The second-order valence-electron chi connectivity index (χ2n) is 14.0. The number of hydrogen-bond acceptors (Lipinski definition) is 3. The van der Waals surface area contributed by atoms with Gasteiger partial charge in [-0.25, -0.2) is 0 Å². The molecule has 1 unspecified atom stereocenters. The molecule has 4 rings (SSSR count). The van der Waals surface area contributed by atoms with Gasteiger partial charge in [-0.3, -0.25) is 4.79 Å². The number of carbonyl (C=O) groups excluding carboxylic acids is 2.